The first-order chi connectivity index (χ1) is 10.8. The molecule has 0 N–H and O–H groups in total. The first-order valence-electron chi connectivity index (χ1n) is 8.15. The van der Waals surface area contributed by atoms with Crippen LogP contribution < -0.4 is 0 Å². The Morgan fingerprint density at radius 2 is 1.74 bits per heavy atom. The topological polar surface area (TPSA) is 57.7 Å². The highest BCUT2D eigenvalue weighted by Gasteiger charge is 2.27. The molecule has 0 spiro atoms. The summed E-state index contributed by atoms with van der Waals surface area (Å²) >= 11 is 0. The highest BCUT2D eigenvalue weighted by molar-refractivity contribution is 7.89. The van der Waals surface area contributed by atoms with Crippen molar-refractivity contribution in [2.75, 3.05) is 26.2 Å². The van der Waals surface area contributed by atoms with Gasteiger partial charge in [-0.2, -0.15) is 4.31 Å². The van der Waals surface area contributed by atoms with E-state index in [2.05, 4.69) is 13.8 Å². The molecule has 1 aliphatic heterocycles. The van der Waals surface area contributed by atoms with Crippen molar-refractivity contribution in [3.05, 3.63) is 29.8 Å². The van der Waals surface area contributed by atoms with Crippen LogP contribution in [0.2, 0.25) is 0 Å². The Balaban J connectivity index is 2.13. The van der Waals surface area contributed by atoms with E-state index < -0.39 is 10.0 Å². The lowest BCUT2D eigenvalue weighted by atomic mass is 10.0. The van der Waals surface area contributed by atoms with Crippen molar-refractivity contribution in [3.8, 4) is 0 Å². The summed E-state index contributed by atoms with van der Waals surface area (Å²) in [6, 6.07) is 7.18. The molecule has 1 aliphatic rings. The smallest absolute Gasteiger partial charge is 0.243 e. The van der Waals surface area contributed by atoms with Gasteiger partial charge in [0.05, 0.1) is 4.90 Å². The Labute approximate surface area is 139 Å². The molecule has 0 aliphatic carbocycles. The standard InChI is InChI=1S/C17H26N2O3S/c1-14(2)13-16-5-7-17(8-6-16)23(21,22)19-10-4-9-18(11-12-19)15(3)20/h5-8,14H,4,9-13H2,1-3H3. The van der Waals surface area contributed by atoms with Gasteiger partial charge in [-0.05, 0) is 36.5 Å². The van der Waals surface area contributed by atoms with Gasteiger partial charge in [-0.25, -0.2) is 8.42 Å². The lowest BCUT2D eigenvalue weighted by Gasteiger charge is -2.21. The molecule has 1 aromatic carbocycles. The van der Waals surface area contributed by atoms with Gasteiger partial charge in [-0.1, -0.05) is 26.0 Å². The van der Waals surface area contributed by atoms with Gasteiger partial charge in [0.25, 0.3) is 0 Å². The second kappa shape index (κ2) is 7.45. The van der Waals surface area contributed by atoms with Crippen LogP contribution in [0.1, 0.15) is 32.8 Å². The monoisotopic (exact) mass is 338 g/mol. The molecule has 128 valence electrons. The SMILES string of the molecule is CC(=O)N1CCCN(S(=O)(=O)c2ccc(CC(C)C)cc2)CC1. The third-order valence-corrected chi connectivity index (χ3v) is 6.02. The van der Waals surface area contributed by atoms with E-state index >= 15 is 0 Å². The third-order valence-electron chi connectivity index (χ3n) is 4.11. The number of carbonyl (C=O) groups excluding carboxylic acids is 1. The number of hydrogen-bond acceptors (Lipinski definition) is 3. The minimum absolute atomic E-state index is 0.00212. The van der Waals surface area contributed by atoms with Gasteiger partial charge in [0, 0.05) is 33.1 Å². The summed E-state index contributed by atoms with van der Waals surface area (Å²) in [6.45, 7) is 7.70. The van der Waals surface area contributed by atoms with E-state index in [1.165, 1.54) is 11.2 Å². The van der Waals surface area contributed by atoms with Crippen LogP contribution in [0.25, 0.3) is 0 Å². The fraction of sp³-hybridized carbons (Fsp3) is 0.588. The molecule has 0 unspecified atom stereocenters. The second-order valence-electron chi connectivity index (χ2n) is 6.51. The average molecular weight is 338 g/mol. The number of carbonyl (C=O) groups is 1. The van der Waals surface area contributed by atoms with Crippen LogP contribution in [0.5, 0.6) is 0 Å². The van der Waals surface area contributed by atoms with Gasteiger partial charge < -0.3 is 4.90 Å². The maximum atomic E-state index is 12.8. The van der Waals surface area contributed by atoms with Gasteiger partial charge in [0.1, 0.15) is 0 Å². The van der Waals surface area contributed by atoms with Crippen molar-refractivity contribution in [3.63, 3.8) is 0 Å². The summed E-state index contributed by atoms with van der Waals surface area (Å²) in [5.41, 5.74) is 1.15. The molecule has 1 heterocycles. The zero-order valence-corrected chi connectivity index (χ0v) is 15.0. The molecule has 0 aromatic heterocycles. The lowest BCUT2D eigenvalue weighted by molar-refractivity contribution is -0.128. The molecule has 0 saturated carbocycles. The molecule has 1 saturated heterocycles. The molecule has 2 rings (SSSR count). The molecule has 1 aromatic rings. The summed E-state index contributed by atoms with van der Waals surface area (Å²) in [4.78, 5) is 13.5. The van der Waals surface area contributed by atoms with Crippen LogP contribution in [0.4, 0.5) is 0 Å². The zero-order chi connectivity index (χ0) is 17.0. The predicted octanol–water partition coefficient (Wildman–Crippen LogP) is 2.13. The molecular formula is C17H26N2O3S. The predicted molar refractivity (Wildman–Crippen MR) is 90.6 cm³/mol. The lowest BCUT2D eigenvalue weighted by Crippen LogP contribution is -2.36. The van der Waals surface area contributed by atoms with Crippen LogP contribution in [0.3, 0.4) is 0 Å². The van der Waals surface area contributed by atoms with E-state index in [1.54, 1.807) is 17.0 Å². The largest absolute Gasteiger partial charge is 0.342 e. The fourth-order valence-corrected chi connectivity index (χ4v) is 4.34. The number of hydrogen-bond donors (Lipinski definition) is 0. The summed E-state index contributed by atoms with van der Waals surface area (Å²) < 4.78 is 27.0. The van der Waals surface area contributed by atoms with Crippen LogP contribution in [-0.2, 0) is 21.2 Å². The van der Waals surface area contributed by atoms with Crippen molar-refractivity contribution >= 4 is 15.9 Å². The summed E-state index contributed by atoms with van der Waals surface area (Å²) in [5.74, 6) is 0.544. The normalized spacial score (nSPS) is 17.3. The molecule has 0 radical (unpaired) electrons. The van der Waals surface area contributed by atoms with Crippen LogP contribution in [0.15, 0.2) is 29.2 Å². The van der Waals surface area contributed by atoms with E-state index in [1.807, 2.05) is 12.1 Å². The van der Waals surface area contributed by atoms with Gasteiger partial charge in [-0.3, -0.25) is 4.79 Å². The van der Waals surface area contributed by atoms with Crippen molar-refractivity contribution < 1.29 is 13.2 Å². The van der Waals surface area contributed by atoms with Gasteiger partial charge in [0.15, 0.2) is 0 Å². The summed E-state index contributed by atoms with van der Waals surface area (Å²) in [7, 11) is -3.48. The minimum atomic E-state index is -3.48. The molecule has 1 amide bonds. The van der Waals surface area contributed by atoms with Crippen molar-refractivity contribution in [1.29, 1.82) is 0 Å². The van der Waals surface area contributed by atoms with Gasteiger partial charge in [0.2, 0.25) is 15.9 Å². The maximum absolute atomic E-state index is 12.8. The Kier molecular flexibility index (Phi) is 5.81. The van der Waals surface area contributed by atoms with E-state index in [4.69, 9.17) is 0 Å². The van der Waals surface area contributed by atoms with Gasteiger partial charge >= 0.3 is 0 Å². The van der Waals surface area contributed by atoms with Crippen LogP contribution in [0, 0.1) is 5.92 Å². The molecule has 0 bridgehead atoms. The molecule has 23 heavy (non-hydrogen) atoms. The second-order valence-corrected chi connectivity index (χ2v) is 8.44. The van der Waals surface area contributed by atoms with Gasteiger partial charge in [-0.15, -0.1) is 0 Å². The van der Waals surface area contributed by atoms with E-state index in [0.717, 1.165) is 12.0 Å². The molecule has 1 fully saturated rings. The average Bonchev–Trinajstić information content (AvgIpc) is 2.73. The van der Waals surface area contributed by atoms with Crippen LogP contribution in [-0.4, -0.2) is 49.7 Å². The molecular weight excluding hydrogens is 312 g/mol. The third kappa shape index (κ3) is 4.54. The van der Waals surface area contributed by atoms with Crippen molar-refractivity contribution in [2.45, 2.75) is 38.5 Å². The Morgan fingerprint density at radius 3 is 2.30 bits per heavy atom. The number of sulfonamides is 1. The Hall–Kier alpha value is -1.40. The van der Waals surface area contributed by atoms with Crippen molar-refractivity contribution in [1.82, 2.24) is 9.21 Å². The highest BCUT2D eigenvalue weighted by atomic mass is 32.2. The summed E-state index contributed by atoms with van der Waals surface area (Å²) in [6.07, 6.45) is 1.61. The molecule has 6 heteroatoms. The Morgan fingerprint density at radius 1 is 1.09 bits per heavy atom. The first-order valence-corrected chi connectivity index (χ1v) is 9.59. The number of benzene rings is 1. The quantitative estimate of drug-likeness (QED) is 0.845. The van der Waals surface area contributed by atoms with E-state index in [0.29, 0.717) is 43.4 Å². The maximum Gasteiger partial charge on any atom is 0.243 e. The minimum Gasteiger partial charge on any atom is -0.342 e. The zero-order valence-electron chi connectivity index (χ0n) is 14.2. The molecule has 5 nitrogen and oxygen atoms in total. The first kappa shape index (κ1) is 17.9. The Bertz CT molecular complexity index is 638. The van der Waals surface area contributed by atoms with Crippen LogP contribution >= 0.6 is 0 Å². The number of amides is 1. The molecule has 0 atom stereocenters. The van der Waals surface area contributed by atoms with E-state index in [-0.39, 0.29) is 5.91 Å². The number of nitrogens with zero attached hydrogens (tertiary/aromatic N) is 2. The fourth-order valence-electron chi connectivity index (χ4n) is 2.87. The summed E-state index contributed by atoms with van der Waals surface area (Å²) in [5, 5.41) is 0. The number of rotatable bonds is 4. The van der Waals surface area contributed by atoms with Crippen molar-refractivity contribution in [2.24, 2.45) is 5.92 Å². The van der Waals surface area contributed by atoms with E-state index in [9.17, 15) is 13.2 Å². The highest BCUT2D eigenvalue weighted by Crippen LogP contribution is 2.19.